The van der Waals surface area contributed by atoms with Crippen LogP contribution in [0.3, 0.4) is 0 Å². The van der Waals surface area contributed by atoms with E-state index in [1.807, 2.05) is 43.5 Å². The number of hydrogen-bond acceptors (Lipinski definition) is 4. The number of nitrogens with zero attached hydrogens (tertiary/aromatic N) is 1. The molecular weight excluding hydrogens is 298 g/mol. The number of rotatable bonds is 6. The molecule has 0 spiro atoms. The van der Waals surface area contributed by atoms with Crippen molar-refractivity contribution in [2.45, 2.75) is 32.9 Å². The molecule has 1 unspecified atom stereocenters. The summed E-state index contributed by atoms with van der Waals surface area (Å²) in [5.41, 5.74) is 2.04. The Morgan fingerprint density at radius 2 is 2.09 bits per heavy atom. The molecular formula is C16H21N3O2S. The average Bonchev–Trinajstić information content (AvgIpc) is 2.96. The molecule has 2 rings (SSSR count). The molecule has 0 fully saturated rings. The van der Waals surface area contributed by atoms with Crippen LogP contribution in [0.25, 0.3) is 0 Å². The molecule has 5 nitrogen and oxygen atoms in total. The molecule has 0 aliphatic rings. The van der Waals surface area contributed by atoms with Crippen molar-refractivity contribution in [1.82, 2.24) is 15.6 Å². The Labute approximate surface area is 134 Å². The average molecular weight is 319 g/mol. The van der Waals surface area contributed by atoms with E-state index in [9.17, 15) is 4.79 Å². The zero-order chi connectivity index (χ0) is 15.9. The van der Waals surface area contributed by atoms with Crippen molar-refractivity contribution in [3.8, 4) is 5.75 Å². The molecule has 0 bridgehead atoms. The molecule has 22 heavy (non-hydrogen) atoms. The van der Waals surface area contributed by atoms with Gasteiger partial charge in [-0.3, -0.25) is 0 Å². The van der Waals surface area contributed by atoms with Crippen LogP contribution in [0, 0.1) is 6.92 Å². The minimum atomic E-state index is -0.185. The van der Waals surface area contributed by atoms with Crippen LogP contribution in [0.2, 0.25) is 0 Å². The molecule has 6 heteroatoms. The summed E-state index contributed by atoms with van der Waals surface area (Å²) >= 11 is 1.55. The SMILES string of the molecule is CCC(NC(=O)NCc1nc(C)cs1)c1ccc(OC)cc1. The lowest BCUT2D eigenvalue weighted by atomic mass is 10.0. The Balaban J connectivity index is 1.89. The monoisotopic (exact) mass is 319 g/mol. The van der Waals surface area contributed by atoms with Gasteiger partial charge < -0.3 is 15.4 Å². The van der Waals surface area contributed by atoms with Gasteiger partial charge >= 0.3 is 6.03 Å². The van der Waals surface area contributed by atoms with Gasteiger partial charge in [0, 0.05) is 11.1 Å². The minimum Gasteiger partial charge on any atom is -0.497 e. The fourth-order valence-electron chi connectivity index (χ4n) is 2.11. The fourth-order valence-corrected chi connectivity index (χ4v) is 2.82. The van der Waals surface area contributed by atoms with Crippen LogP contribution in [0.1, 0.15) is 35.7 Å². The normalized spacial score (nSPS) is 11.8. The summed E-state index contributed by atoms with van der Waals surface area (Å²) < 4.78 is 5.15. The van der Waals surface area contributed by atoms with Gasteiger partial charge in [-0.25, -0.2) is 9.78 Å². The third-order valence-corrected chi connectivity index (χ3v) is 4.27. The lowest BCUT2D eigenvalue weighted by Crippen LogP contribution is -2.37. The van der Waals surface area contributed by atoms with Crippen molar-refractivity contribution in [1.29, 1.82) is 0 Å². The molecule has 1 aromatic heterocycles. The lowest BCUT2D eigenvalue weighted by Gasteiger charge is -2.18. The summed E-state index contributed by atoms with van der Waals surface area (Å²) in [6, 6.07) is 7.53. The first-order valence-corrected chi connectivity index (χ1v) is 8.09. The highest BCUT2D eigenvalue weighted by atomic mass is 32.1. The van der Waals surface area contributed by atoms with Crippen LogP contribution >= 0.6 is 11.3 Å². The van der Waals surface area contributed by atoms with Gasteiger partial charge in [-0.15, -0.1) is 11.3 Å². The lowest BCUT2D eigenvalue weighted by molar-refractivity contribution is 0.236. The number of methoxy groups -OCH3 is 1. The predicted octanol–water partition coefficient (Wildman–Crippen LogP) is 3.41. The Morgan fingerprint density at radius 3 is 2.64 bits per heavy atom. The number of benzene rings is 1. The minimum absolute atomic E-state index is 0.0241. The zero-order valence-electron chi connectivity index (χ0n) is 13.1. The standard InChI is InChI=1S/C16H21N3O2S/c1-4-14(12-5-7-13(21-3)8-6-12)19-16(20)17-9-15-18-11(2)10-22-15/h5-8,10,14H,4,9H2,1-3H3,(H2,17,19,20). The summed E-state index contributed by atoms with van der Waals surface area (Å²) in [5, 5.41) is 8.71. The first-order chi connectivity index (χ1) is 10.6. The van der Waals surface area contributed by atoms with Crippen molar-refractivity contribution in [3.63, 3.8) is 0 Å². The smallest absolute Gasteiger partial charge is 0.315 e. The van der Waals surface area contributed by atoms with Gasteiger partial charge in [0.05, 0.1) is 19.7 Å². The van der Waals surface area contributed by atoms with E-state index in [-0.39, 0.29) is 12.1 Å². The van der Waals surface area contributed by atoms with Gasteiger partial charge in [-0.05, 0) is 31.0 Å². The number of ether oxygens (including phenoxy) is 1. The third-order valence-electron chi connectivity index (χ3n) is 3.30. The first-order valence-electron chi connectivity index (χ1n) is 7.21. The second-order valence-corrected chi connectivity index (χ2v) is 5.89. The second-order valence-electron chi connectivity index (χ2n) is 4.94. The van der Waals surface area contributed by atoms with Gasteiger partial charge in [-0.2, -0.15) is 0 Å². The number of thiazole rings is 1. The molecule has 0 aliphatic heterocycles. The topological polar surface area (TPSA) is 63.2 Å². The van der Waals surface area contributed by atoms with E-state index in [2.05, 4.69) is 15.6 Å². The van der Waals surface area contributed by atoms with Gasteiger partial charge in [-0.1, -0.05) is 19.1 Å². The summed E-state index contributed by atoms with van der Waals surface area (Å²) in [7, 11) is 1.64. The number of aromatic nitrogens is 1. The highest BCUT2D eigenvalue weighted by Crippen LogP contribution is 2.20. The number of urea groups is 1. The number of nitrogens with one attached hydrogen (secondary N) is 2. The van der Waals surface area contributed by atoms with E-state index in [4.69, 9.17) is 4.74 Å². The van der Waals surface area contributed by atoms with Crippen LogP contribution in [0.15, 0.2) is 29.6 Å². The van der Waals surface area contributed by atoms with Gasteiger partial charge in [0.15, 0.2) is 0 Å². The van der Waals surface area contributed by atoms with E-state index in [1.54, 1.807) is 18.4 Å². The maximum atomic E-state index is 12.0. The number of amides is 2. The summed E-state index contributed by atoms with van der Waals surface area (Å²) in [5.74, 6) is 0.808. The first kappa shape index (κ1) is 16.3. The maximum absolute atomic E-state index is 12.0. The number of hydrogen-bond donors (Lipinski definition) is 2. The van der Waals surface area contributed by atoms with Crippen LogP contribution < -0.4 is 15.4 Å². The van der Waals surface area contributed by atoms with Crippen molar-refractivity contribution < 1.29 is 9.53 Å². The maximum Gasteiger partial charge on any atom is 0.315 e. The molecule has 1 atom stereocenters. The third kappa shape index (κ3) is 4.46. The molecule has 2 aromatic rings. The Hall–Kier alpha value is -2.08. The molecule has 0 saturated carbocycles. The zero-order valence-corrected chi connectivity index (χ0v) is 13.9. The predicted molar refractivity (Wildman–Crippen MR) is 88.2 cm³/mol. The molecule has 2 amide bonds. The number of aryl methyl sites for hydroxylation is 1. The van der Waals surface area contributed by atoms with Crippen LogP contribution in [-0.2, 0) is 6.54 Å². The van der Waals surface area contributed by atoms with E-state index in [0.717, 1.165) is 28.4 Å². The summed E-state index contributed by atoms with van der Waals surface area (Å²) in [6.45, 7) is 4.43. The Bertz CT molecular complexity index is 610. The summed E-state index contributed by atoms with van der Waals surface area (Å²) in [4.78, 5) is 16.3. The van der Waals surface area contributed by atoms with Gasteiger partial charge in [0.25, 0.3) is 0 Å². The van der Waals surface area contributed by atoms with Crippen molar-refractivity contribution in [3.05, 3.63) is 45.9 Å². The van der Waals surface area contributed by atoms with E-state index in [1.165, 1.54) is 0 Å². The van der Waals surface area contributed by atoms with Gasteiger partial charge in [0.1, 0.15) is 10.8 Å². The van der Waals surface area contributed by atoms with Crippen LogP contribution in [-0.4, -0.2) is 18.1 Å². The van der Waals surface area contributed by atoms with Crippen LogP contribution in [0.5, 0.6) is 5.75 Å². The Kier molecular flexibility index (Phi) is 5.77. The highest BCUT2D eigenvalue weighted by Gasteiger charge is 2.13. The number of carbonyl (C=O) groups excluding carboxylic acids is 1. The van der Waals surface area contributed by atoms with E-state index in [0.29, 0.717) is 6.54 Å². The van der Waals surface area contributed by atoms with Crippen LogP contribution in [0.4, 0.5) is 4.79 Å². The van der Waals surface area contributed by atoms with Crippen molar-refractivity contribution in [2.75, 3.05) is 7.11 Å². The van der Waals surface area contributed by atoms with Crippen molar-refractivity contribution in [2.24, 2.45) is 0 Å². The molecule has 0 aliphatic carbocycles. The Morgan fingerprint density at radius 1 is 1.36 bits per heavy atom. The molecule has 118 valence electrons. The van der Waals surface area contributed by atoms with Crippen molar-refractivity contribution >= 4 is 17.4 Å². The molecule has 2 N–H and O–H groups in total. The summed E-state index contributed by atoms with van der Waals surface area (Å²) in [6.07, 6.45) is 0.816. The number of carbonyl (C=O) groups is 1. The molecule has 0 radical (unpaired) electrons. The largest absolute Gasteiger partial charge is 0.497 e. The highest BCUT2D eigenvalue weighted by molar-refractivity contribution is 7.09. The van der Waals surface area contributed by atoms with Gasteiger partial charge in [0.2, 0.25) is 0 Å². The quantitative estimate of drug-likeness (QED) is 0.857. The molecule has 1 heterocycles. The van der Waals surface area contributed by atoms with E-state index < -0.39 is 0 Å². The molecule has 0 saturated heterocycles. The fraction of sp³-hybridized carbons (Fsp3) is 0.375. The molecule has 1 aromatic carbocycles. The second kappa shape index (κ2) is 7.79. The van der Waals surface area contributed by atoms with E-state index >= 15 is 0 Å².